The molecule has 3 N–H and O–H groups in total. The lowest BCUT2D eigenvalue weighted by Gasteiger charge is -2.28. The topological polar surface area (TPSA) is 58.4 Å². The molecule has 1 saturated carbocycles. The molecule has 1 fully saturated rings. The third kappa shape index (κ3) is 4.16. The monoisotopic (exact) mass is 261 g/mol. The molecule has 0 unspecified atom stereocenters. The zero-order valence-corrected chi connectivity index (χ0v) is 11.9. The second-order valence-corrected chi connectivity index (χ2v) is 6.28. The Kier molecular flexibility index (Phi) is 3.69. The fourth-order valence-corrected chi connectivity index (χ4v) is 2.03. The van der Waals surface area contributed by atoms with Gasteiger partial charge in [0.1, 0.15) is 0 Å². The highest BCUT2D eigenvalue weighted by molar-refractivity contribution is 5.75. The van der Waals surface area contributed by atoms with E-state index in [4.69, 9.17) is 5.73 Å². The molecule has 0 aromatic heterocycles. The van der Waals surface area contributed by atoms with Crippen LogP contribution >= 0.6 is 0 Å². The van der Waals surface area contributed by atoms with Gasteiger partial charge in [-0.05, 0) is 51.3 Å². The maximum atomic E-state index is 12.3. The van der Waals surface area contributed by atoms with Crippen molar-refractivity contribution in [2.24, 2.45) is 0 Å². The molecule has 0 radical (unpaired) electrons. The van der Waals surface area contributed by atoms with Crippen LogP contribution in [-0.2, 0) is 6.54 Å². The molecule has 0 aliphatic heterocycles. The Bertz CT molecular complexity index is 461. The Balaban J connectivity index is 2.06. The standard InChI is InChI=1S/C15H23N3O/c1-15(2,3)17-14(19)18(13-7-8-13)10-11-5-4-6-12(16)9-11/h4-6,9,13H,7-8,10,16H2,1-3H3,(H,17,19). The maximum Gasteiger partial charge on any atom is 0.318 e. The molecule has 0 heterocycles. The normalized spacial score (nSPS) is 15.1. The van der Waals surface area contributed by atoms with Gasteiger partial charge in [-0.25, -0.2) is 4.79 Å². The number of anilines is 1. The van der Waals surface area contributed by atoms with Gasteiger partial charge in [-0.3, -0.25) is 0 Å². The van der Waals surface area contributed by atoms with Crippen LogP contribution in [0.1, 0.15) is 39.2 Å². The Hall–Kier alpha value is -1.71. The minimum absolute atomic E-state index is 0.0115. The number of nitrogen functional groups attached to an aromatic ring is 1. The summed E-state index contributed by atoms with van der Waals surface area (Å²) in [6, 6.07) is 8.12. The molecule has 104 valence electrons. The average molecular weight is 261 g/mol. The van der Waals surface area contributed by atoms with Gasteiger partial charge in [0, 0.05) is 23.8 Å². The summed E-state index contributed by atoms with van der Waals surface area (Å²) in [5.41, 5.74) is 7.40. The van der Waals surface area contributed by atoms with Crippen LogP contribution in [0.2, 0.25) is 0 Å². The highest BCUT2D eigenvalue weighted by atomic mass is 16.2. The highest BCUT2D eigenvalue weighted by Crippen LogP contribution is 2.29. The van der Waals surface area contributed by atoms with E-state index < -0.39 is 0 Å². The summed E-state index contributed by atoms with van der Waals surface area (Å²) in [4.78, 5) is 14.2. The highest BCUT2D eigenvalue weighted by Gasteiger charge is 2.33. The number of carbonyl (C=O) groups is 1. The zero-order valence-electron chi connectivity index (χ0n) is 11.9. The third-order valence-electron chi connectivity index (χ3n) is 3.03. The molecule has 4 nitrogen and oxygen atoms in total. The van der Waals surface area contributed by atoms with E-state index in [0.29, 0.717) is 12.6 Å². The second-order valence-electron chi connectivity index (χ2n) is 6.28. The molecule has 0 saturated heterocycles. The van der Waals surface area contributed by atoms with Crippen LogP contribution in [0, 0.1) is 0 Å². The molecule has 0 spiro atoms. The molecule has 1 aromatic carbocycles. The lowest BCUT2D eigenvalue weighted by Crippen LogP contribution is -2.49. The number of hydrogen-bond donors (Lipinski definition) is 2. The van der Waals surface area contributed by atoms with Crippen molar-refractivity contribution in [3.63, 3.8) is 0 Å². The van der Waals surface area contributed by atoms with E-state index in [1.54, 1.807) is 0 Å². The number of nitrogens with zero attached hydrogens (tertiary/aromatic N) is 1. The summed E-state index contributed by atoms with van der Waals surface area (Å²) in [5.74, 6) is 0. The van der Waals surface area contributed by atoms with Crippen molar-refractivity contribution < 1.29 is 4.79 Å². The van der Waals surface area contributed by atoms with Gasteiger partial charge < -0.3 is 16.0 Å². The van der Waals surface area contributed by atoms with Crippen LogP contribution in [0.4, 0.5) is 10.5 Å². The summed E-state index contributed by atoms with van der Waals surface area (Å²) in [6.07, 6.45) is 2.19. The van der Waals surface area contributed by atoms with E-state index in [9.17, 15) is 4.79 Å². The van der Waals surface area contributed by atoms with Crippen molar-refractivity contribution in [3.05, 3.63) is 29.8 Å². The predicted octanol–water partition coefficient (Wildman–Crippen LogP) is 2.74. The van der Waals surface area contributed by atoms with Crippen molar-refractivity contribution in [1.29, 1.82) is 0 Å². The molecular weight excluding hydrogens is 238 g/mol. The van der Waals surface area contributed by atoms with Crippen molar-refractivity contribution >= 4 is 11.7 Å². The summed E-state index contributed by atoms with van der Waals surface area (Å²) in [7, 11) is 0. The zero-order chi connectivity index (χ0) is 14.0. The van der Waals surface area contributed by atoms with Gasteiger partial charge in [0.25, 0.3) is 0 Å². The van der Waals surface area contributed by atoms with Crippen LogP contribution in [0.5, 0.6) is 0 Å². The number of nitrogens with one attached hydrogen (secondary N) is 1. The summed E-state index contributed by atoms with van der Waals surface area (Å²) in [5, 5.41) is 3.03. The van der Waals surface area contributed by atoms with Gasteiger partial charge in [-0.15, -0.1) is 0 Å². The molecular formula is C15H23N3O. The molecule has 1 aliphatic carbocycles. The van der Waals surface area contributed by atoms with Crippen LogP contribution in [0.15, 0.2) is 24.3 Å². The predicted molar refractivity (Wildman–Crippen MR) is 77.7 cm³/mol. The van der Waals surface area contributed by atoms with Gasteiger partial charge in [0.05, 0.1) is 0 Å². The number of hydrogen-bond acceptors (Lipinski definition) is 2. The minimum Gasteiger partial charge on any atom is -0.399 e. The number of amides is 2. The van der Waals surface area contributed by atoms with E-state index in [0.717, 1.165) is 24.1 Å². The van der Waals surface area contributed by atoms with E-state index in [1.807, 2.05) is 49.9 Å². The lowest BCUT2D eigenvalue weighted by molar-refractivity contribution is 0.183. The maximum absolute atomic E-state index is 12.3. The molecule has 1 aliphatic rings. The average Bonchev–Trinajstić information content (AvgIpc) is 3.07. The number of nitrogens with two attached hydrogens (primary N) is 1. The first-order valence-corrected chi connectivity index (χ1v) is 6.78. The van der Waals surface area contributed by atoms with Crippen molar-refractivity contribution in [1.82, 2.24) is 10.2 Å². The molecule has 1 aromatic rings. The molecule has 4 heteroatoms. The Morgan fingerprint density at radius 3 is 2.63 bits per heavy atom. The quantitative estimate of drug-likeness (QED) is 0.822. The second kappa shape index (κ2) is 5.11. The minimum atomic E-state index is -0.208. The Labute approximate surface area is 115 Å². The third-order valence-corrected chi connectivity index (χ3v) is 3.03. The number of rotatable bonds is 3. The van der Waals surface area contributed by atoms with Gasteiger partial charge in [-0.1, -0.05) is 12.1 Å². The first-order valence-electron chi connectivity index (χ1n) is 6.78. The summed E-state index contributed by atoms with van der Waals surface area (Å²) < 4.78 is 0. The number of benzene rings is 1. The first kappa shape index (κ1) is 13.7. The van der Waals surface area contributed by atoms with Crippen molar-refractivity contribution in [2.75, 3.05) is 5.73 Å². The van der Waals surface area contributed by atoms with E-state index in [1.165, 1.54) is 0 Å². The molecule has 0 atom stereocenters. The van der Waals surface area contributed by atoms with Gasteiger partial charge in [0.2, 0.25) is 0 Å². The number of urea groups is 1. The summed E-state index contributed by atoms with van der Waals surface area (Å²) >= 11 is 0. The van der Waals surface area contributed by atoms with Gasteiger partial charge in [0.15, 0.2) is 0 Å². The van der Waals surface area contributed by atoms with Crippen LogP contribution in [0.3, 0.4) is 0 Å². The van der Waals surface area contributed by atoms with E-state index in [-0.39, 0.29) is 11.6 Å². The first-order chi connectivity index (χ1) is 8.85. The van der Waals surface area contributed by atoms with Crippen molar-refractivity contribution in [2.45, 2.75) is 51.7 Å². The largest absolute Gasteiger partial charge is 0.399 e. The van der Waals surface area contributed by atoms with Crippen LogP contribution in [-0.4, -0.2) is 22.5 Å². The Morgan fingerprint density at radius 2 is 2.11 bits per heavy atom. The van der Waals surface area contributed by atoms with Gasteiger partial charge in [-0.2, -0.15) is 0 Å². The SMILES string of the molecule is CC(C)(C)NC(=O)N(Cc1cccc(N)c1)C1CC1. The smallest absolute Gasteiger partial charge is 0.318 e. The fraction of sp³-hybridized carbons (Fsp3) is 0.533. The lowest BCUT2D eigenvalue weighted by atomic mass is 10.1. The van der Waals surface area contributed by atoms with E-state index in [2.05, 4.69) is 5.32 Å². The summed E-state index contributed by atoms with van der Waals surface area (Å²) in [6.45, 7) is 6.61. The van der Waals surface area contributed by atoms with Gasteiger partial charge >= 0.3 is 6.03 Å². The molecule has 0 bridgehead atoms. The van der Waals surface area contributed by atoms with Crippen molar-refractivity contribution in [3.8, 4) is 0 Å². The van der Waals surface area contributed by atoms with Crippen LogP contribution < -0.4 is 11.1 Å². The molecule has 19 heavy (non-hydrogen) atoms. The number of carbonyl (C=O) groups excluding carboxylic acids is 1. The molecule has 2 rings (SSSR count). The Morgan fingerprint density at radius 1 is 1.42 bits per heavy atom. The van der Waals surface area contributed by atoms with Crippen LogP contribution in [0.25, 0.3) is 0 Å². The fourth-order valence-electron chi connectivity index (χ4n) is 2.03. The molecule has 2 amide bonds. The van der Waals surface area contributed by atoms with E-state index >= 15 is 0 Å².